The van der Waals surface area contributed by atoms with Gasteiger partial charge < -0.3 is 5.32 Å². The van der Waals surface area contributed by atoms with E-state index in [4.69, 9.17) is 0 Å². The Kier molecular flexibility index (Phi) is 2.58. The van der Waals surface area contributed by atoms with Crippen molar-refractivity contribution in [3.05, 3.63) is 24.3 Å². The minimum absolute atomic E-state index is 0.540. The summed E-state index contributed by atoms with van der Waals surface area (Å²) in [5, 5.41) is 4.59. The summed E-state index contributed by atoms with van der Waals surface area (Å²) in [6.45, 7) is 5.73. The van der Waals surface area contributed by atoms with E-state index in [0.717, 1.165) is 23.1 Å². The van der Waals surface area contributed by atoms with Crippen molar-refractivity contribution in [1.82, 2.24) is 4.98 Å². The van der Waals surface area contributed by atoms with Crippen LogP contribution in [0.1, 0.15) is 26.7 Å². The number of fused-ring (bicyclic) bond motifs is 1. The Morgan fingerprint density at radius 3 is 2.76 bits per heavy atom. The number of nitrogens with one attached hydrogen (secondary N) is 1. The number of nitrogens with zero attached hydrogens (tertiary/aromatic N) is 1. The van der Waals surface area contributed by atoms with Crippen molar-refractivity contribution in [3.63, 3.8) is 0 Å². The van der Waals surface area contributed by atoms with Crippen molar-refractivity contribution < 1.29 is 0 Å². The third-order valence-electron chi connectivity index (χ3n) is 4.00. The van der Waals surface area contributed by atoms with Crippen LogP contribution in [0.2, 0.25) is 0 Å². The molecule has 0 bridgehead atoms. The van der Waals surface area contributed by atoms with E-state index in [2.05, 4.69) is 42.3 Å². The quantitative estimate of drug-likeness (QED) is 0.876. The van der Waals surface area contributed by atoms with E-state index in [1.54, 1.807) is 11.3 Å². The molecule has 1 aliphatic carbocycles. The first-order valence-electron chi connectivity index (χ1n) is 6.29. The number of rotatable bonds is 4. The van der Waals surface area contributed by atoms with Crippen LogP contribution in [0.3, 0.4) is 0 Å². The summed E-state index contributed by atoms with van der Waals surface area (Å²) in [7, 11) is 0. The van der Waals surface area contributed by atoms with Crippen LogP contribution in [0.4, 0.5) is 5.13 Å². The molecule has 1 aromatic heterocycles. The van der Waals surface area contributed by atoms with E-state index < -0.39 is 0 Å². The smallest absolute Gasteiger partial charge is 0.183 e. The Hall–Kier alpha value is -1.09. The minimum atomic E-state index is 0.540. The third-order valence-corrected chi connectivity index (χ3v) is 5.00. The van der Waals surface area contributed by atoms with Crippen molar-refractivity contribution >= 4 is 26.7 Å². The van der Waals surface area contributed by atoms with Gasteiger partial charge >= 0.3 is 0 Å². The van der Waals surface area contributed by atoms with Gasteiger partial charge in [0.2, 0.25) is 0 Å². The highest BCUT2D eigenvalue weighted by Gasteiger charge is 2.45. The van der Waals surface area contributed by atoms with E-state index in [0.29, 0.717) is 5.41 Å². The van der Waals surface area contributed by atoms with Gasteiger partial charge in [-0.05, 0) is 36.3 Å². The Balaban J connectivity index is 1.73. The Labute approximate surface area is 106 Å². The summed E-state index contributed by atoms with van der Waals surface area (Å²) in [5.41, 5.74) is 1.65. The second-order valence-electron chi connectivity index (χ2n) is 5.36. The Morgan fingerprint density at radius 1 is 1.35 bits per heavy atom. The average Bonchev–Trinajstić information content (AvgIpc) is 3.00. The lowest BCUT2D eigenvalue weighted by molar-refractivity contribution is 0.380. The standard InChI is InChI=1S/C14H18N2S/c1-10(2)14(7-8-14)9-15-13-16-11-5-3-4-6-12(11)17-13/h3-6,10H,7-9H2,1-2H3,(H,15,16). The monoisotopic (exact) mass is 246 g/mol. The van der Waals surface area contributed by atoms with Crippen LogP contribution in [0.15, 0.2) is 24.3 Å². The first-order chi connectivity index (χ1) is 8.20. The molecule has 1 fully saturated rings. The van der Waals surface area contributed by atoms with Crippen LogP contribution in [-0.4, -0.2) is 11.5 Å². The van der Waals surface area contributed by atoms with Crippen LogP contribution in [-0.2, 0) is 0 Å². The maximum absolute atomic E-state index is 4.61. The normalized spacial score (nSPS) is 17.6. The zero-order chi connectivity index (χ0) is 11.9. The predicted molar refractivity (Wildman–Crippen MR) is 74.6 cm³/mol. The molecule has 1 aromatic carbocycles. The highest BCUT2D eigenvalue weighted by Crippen LogP contribution is 2.51. The first-order valence-corrected chi connectivity index (χ1v) is 7.11. The maximum Gasteiger partial charge on any atom is 0.183 e. The van der Waals surface area contributed by atoms with Gasteiger partial charge in [-0.15, -0.1) is 0 Å². The molecule has 0 radical (unpaired) electrons. The number of hydrogen-bond acceptors (Lipinski definition) is 3. The molecule has 0 unspecified atom stereocenters. The molecule has 0 spiro atoms. The summed E-state index contributed by atoms with van der Waals surface area (Å²) in [6.07, 6.45) is 2.73. The largest absolute Gasteiger partial charge is 0.361 e. The lowest BCUT2D eigenvalue weighted by Gasteiger charge is -2.19. The molecule has 90 valence electrons. The molecule has 3 rings (SSSR count). The topological polar surface area (TPSA) is 24.9 Å². The number of benzene rings is 1. The van der Waals surface area contributed by atoms with E-state index in [-0.39, 0.29) is 0 Å². The number of anilines is 1. The molecule has 2 nitrogen and oxygen atoms in total. The summed E-state index contributed by atoms with van der Waals surface area (Å²) in [6, 6.07) is 8.32. The first kappa shape index (κ1) is 11.0. The van der Waals surface area contributed by atoms with Gasteiger partial charge in [0, 0.05) is 6.54 Å². The van der Waals surface area contributed by atoms with Gasteiger partial charge in [0.25, 0.3) is 0 Å². The Bertz CT molecular complexity index is 493. The van der Waals surface area contributed by atoms with Gasteiger partial charge in [0.1, 0.15) is 0 Å². The lowest BCUT2D eigenvalue weighted by Crippen LogP contribution is -2.20. The highest BCUT2D eigenvalue weighted by molar-refractivity contribution is 7.22. The van der Waals surface area contributed by atoms with Crippen LogP contribution < -0.4 is 5.32 Å². The Morgan fingerprint density at radius 2 is 2.12 bits per heavy atom. The number of hydrogen-bond donors (Lipinski definition) is 1. The van der Waals surface area contributed by atoms with E-state index in [1.807, 2.05) is 6.07 Å². The second kappa shape index (κ2) is 3.98. The molecule has 2 aromatic rings. The van der Waals surface area contributed by atoms with Gasteiger partial charge in [-0.3, -0.25) is 0 Å². The zero-order valence-electron chi connectivity index (χ0n) is 10.4. The predicted octanol–water partition coefficient (Wildman–Crippen LogP) is 4.14. The van der Waals surface area contributed by atoms with Crippen molar-refractivity contribution in [3.8, 4) is 0 Å². The van der Waals surface area contributed by atoms with Crippen LogP contribution in [0.25, 0.3) is 10.2 Å². The van der Waals surface area contributed by atoms with Crippen LogP contribution >= 0.6 is 11.3 Å². The van der Waals surface area contributed by atoms with Gasteiger partial charge in [0.15, 0.2) is 5.13 Å². The molecular formula is C14H18N2S. The summed E-state index contributed by atoms with van der Waals surface area (Å²) in [5.74, 6) is 0.768. The minimum Gasteiger partial charge on any atom is -0.361 e. The van der Waals surface area contributed by atoms with Gasteiger partial charge in [0.05, 0.1) is 10.2 Å². The van der Waals surface area contributed by atoms with Gasteiger partial charge in [-0.25, -0.2) is 4.98 Å². The van der Waals surface area contributed by atoms with Crippen molar-refractivity contribution in [2.45, 2.75) is 26.7 Å². The summed E-state index contributed by atoms with van der Waals surface area (Å²) in [4.78, 5) is 4.61. The summed E-state index contributed by atoms with van der Waals surface area (Å²) < 4.78 is 1.27. The van der Waals surface area contributed by atoms with Crippen LogP contribution in [0, 0.1) is 11.3 Å². The molecule has 1 N–H and O–H groups in total. The molecule has 0 saturated heterocycles. The highest BCUT2D eigenvalue weighted by atomic mass is 32.1. The van der Waals surface area contributed by atoms with E-state index in [9.17, 15) is 0 Å². The fourth-order valence-electron chi connectivity index (χ4n) is 2.32. The second-order valence-corrected chi connectivity index (χ2v) is 6.39. The van der Waals surface area contributed by atoms with Crippen molar-refractivity contribution in [2.75, 3.05) is 11.9 Å². The van der Waals surface area contributed by atoms with E-state index in [1.165, 1.54) is 17.5 Å². The van der Waals surface area contributed by atoms with Crippen LogP contribution in [0.5, 0.6) is 0 Å². The number of para-hydroxylation sites is 1. The molecule has 3 heteroatoms. The average molecular weight is 246 g/mol. The fourth-order valence-corrected chi connectivity index (χ4v) is 3.18. The fraction of sp³-hybridized carbons (Fsp3) is 0.500. The van der Waals surface area contributed by atoms with E-state index >= 15 is 0 Å². The molecule has 0 atom stereocenters. The van der Waals surface area contributed by atoms with Gasteiger partial charge in [-0.1, -0.05) is 37.3 Å². The third kappa shape index (κ3) is 2.04. The van der Waals surface area contributed by atoms with Crippen molar-refractivity contribution in [2.24, 2.45) is 11.3 Å². The molecular weight excluding hydrogens is 228 g/mol. The molecule has 1 aliphatic rings. The number of thiazole rings is 1. The van der Waals surface area contributed by atoms with Crippen molar-refractivity contribution in [1.29, 1.82) is 0 Å². The maximum atomic E-state index is 4.61. The summed E-state index contributed by atoms with van der Waals surface area (Å²) >= 11 is 1.76. The molecule has 0 amide bonds. The SMILES string of the molecule is CC(C)C1(CNc2nc3ccccc3s2)CC1. The lowest BCUT2D eigenvalue weighted by atomic mass is 9.92. The zero-order valence-corrected chi connectivity index (χ0v) is 11.2. The molecule has 1 heterocycles. The molecule has 0 aliphatic heterocycles. The number of aromatic nitrogens is 1. The molecule has 1 saturated carbocycles. The molecule has 17 heavy (non-hydrogen) atoms. The van der Waals surface area contributed by atoms with Gasteiger partial charge in [-0.2, -0.15) is 0 Å².